The second-order valence-corrected chi connectivity index (χ2v) is 5.35. The highest BCUT2D eigenvalue weighted by atomic mass is 32.2. The van der Waals surface area contributed by atoms with E-state index in [1.165, 1.54) is 4.90 Å². The maximum atomic E-state index is 5.62. The third-order valence-electron chi connectivity index (χ3n) is 1.81. The van der Waals surface area contributed by atoms with Gasteiger partial charge in [-0.1, -0.05) is 12.1 Å². The molecule has 1 aromatic rings. The van der Waals surface area contributed by atoms with Crippen molar-refractivity contribution in [1.29, 1.82) is 0 Å². The molecule has 64 valence electrons. The van der Waals surface area contributed by atoms with Crippen molar-refractivity contribution in [2.45, 2.75) is 23.5 Å². The van der Waals surface area contributed by atoms with Gasteiger partial charge in [-0.2, -0.15) is 0 Å². The molecule has 0 amide bonds. The number of hydrogen-bond donors (Lipinski definition) is 0. The van der Waals surface area contributed by atoms with E-state index in [0.717, 1.165) is 12.4 Å². The van der Waals surface area contributed by atoms with E-state index in [4.69, 9.17) is 4.74 Å². The fraction of sp³-hybridized carbons (Fsp3) is 0.400. The van der Waals surface area contributed by atoms with Crippen LogP contribution in [0.1, 0.15) is 13.8 Å². The first-order valence-corrected chi connectivity index (χ1v) is 4.90. The molecule has 1 heterocycles. The van der Waals surface area contributed by atoms with Crippen LogP contribution in [-0.2, 0) is 0 Å². The van der Waals surface area contributed by atoms with Gasteiger partial charge in [0.1, 0.15) is 12.4 Å². The summed E-state index contributed by atoms with van der Waals surface area (Å²) in [7, 11) is 0. The standard InChI is InChI=1S/C10H12OS/c1-10(2)7-11-8-5-3-4-6-9(8)12-10/h3-6H,7H2,1-2H3. The zero-order valence-electron chi connectivity index (χ0n) is 7.33. The molecule has 2 heteroatoms. The molecule has 1 aromatic carbocycles. The highest BCUT2D eigenvalue weighted by Gasteiger charge is 2.26. The van der Waals surface area contributed by atoms with Crippen LogP contribution in [-0.4, -0.2) is 11.4 Å². The van der Waals surface area contributed by atoms with Crippen LogP contribution in [0.5, 0.6) is 5.75 Å². The summed E-state index contributed by atoms with van der Waals surface area (Å²) in [5.41, 5.74) is 0. The van der Waals surface area contributed by atoms with E-state index in [0.29, 0.717) is 0 Å². The predicted octanol–water partition coefficient (Wildman–Crippen LogP) is 2.95. The summed E-state index contributed by atoms with van der Waals surface area (Å²) < 4.78 is 5.83. The highest BCUT2D eigenvalue weighted by molar-refractivity contribution is 8.00. The molecule has 0 radical (unpaired) electrons. The maximum Gasteiger partial charge on any atom is 0.132 e. The molecule has 1 aliphatic heterocycles. The molecule has 0 spiro atoms. The molecule has 0 aliphatic carbocycles. The van der Waals surface area contributed by atoms with Crippen molar-refractivity contribution in [3.05, 3.63) is 24.3 Å². The number of benzene rings is 1. The smallest absolute Gasteiger partial charge is 0.132 e. The van der Waals surface area contributed by atoms with Gasteiger partial charge in [0, 0.05) is 9.64 Å². The lowest BCUT2D eigenvalue weighted by Crippen LogP contribution is -2.27. The van der Waals surface area contributed by atoms with Crippen LogP contribution in [0.3, 0.4) is 0 Å². The lowest BCUT2D eigenvalue weighted by Gasteiger charge is -2.30. The molecule has 1 aliphatic rings. The van der Waals surface area contributed by atoms with Gasteiger partial charge < -0.3 is 4.74 Å². The Morgan fingerprint density at radius 3 is 2.92 bits per heavy atom. The lowest BCUT2D eigenvalue weighted by molar-refractivity contribution is 0.273. The Morgan fingerprint density at radius 2 is 2.08 bits per heavy atom. The van der Waals surface area contributed by atoms with E-state index >= 15 is 0 Å². The van der Waals surface area contributed by atoms with Crippen molar-refractivity contribution in [3.8, 4) is 5.75 Å². The van der Waals surface area contributed by atoms with Crippen molar-refractivity contribution < 1.29 is 4.74 Å². The van der Waals surface area contributed by atoms with Gasteiger partial charge in [0.05, 0.1) is 0 Å². The Hall–Kier alpha value is -0.630. The molecule has 0 N–H and O–H groups in total. The molecule has 12 heavy (non-hydrogen) atoms. The van der Waals surface area contributed by atoms with Crippen LogP contribution in [0.25, 0.3) is 0 Å². The third kappa shape index (κ3) is 1.44. The number of hydrogen-bond acceptors (Lipinski definition) is 2. The number of para-hydroxylation sites is 1. The normalized spacial score (nSPS) is 19.5. The fourth-order valence-electron chi connectivity index (χ4n) is 1.23. The molecule has 0 saturated carbocycles. The number of fused-ring (bicyclic) bond motifs is 1. The molecule has 0 atom stereocenters. The van der Waals surface area contributed by atoms with Gasteiger partial charge in [0.15, 0.2) is 0 Å². The first-order chi connectivity index (χ1) is 5.67. The fourth-order valence-corrected chi connectivity index (χ4v) is 2.32. The van der Waals surface area contributed by atoms with E-state index in [9.17, 15) is 0 Å². The quantitative estimate of drug-likeness (QED) is 0.607. The minimum absolute atomic E-state index is 0.217. The Kier molecular flexibility index (Phi) is 1.80. The predicted molar refractivity (Wildman–Crippen MR) is 51.9 cm³/mol. The number of ether oxygens (including phenoxy) is 1. The minimum Gasteiger partial charge on any atom is -0.491 e. The Balaban J connectivity index is 2.35. The molecule has 0 bridgehead atoms. The highest BCUT2D eigenvalue weighted by Crippen LogP contribution is 2.42. The number of rotatable bonds is 0. The van der Waals surface area contributed by atoms with Gasteiger partial charge >= 0.3 is 0 Å². The van der Waals surface area contributed by atoms with E-state index < -0.39 is 0 Å². The van der Waals surface area contributed by atoms with E-state index in [1.807, 2.05) is 23.9 Å². The SMILES string of the molecule is CC1(C)COc2ccccc2S1. The van der Waals surface area contributed by atoms with Crippen molar-refractivity contribution in [2.24, 2.45) is 0 Å². The van der Waals surface area contributed by atoms with Gasteiger partial charge in [0.2, 0.25) is 0 Å². The van der Waals surface area contributed by atoms with Crippen LogP contribution in [0.4, 0.5) is 0 Å². The second-order valence-electron chi connectivity index (χ2n) is 3.60. The monoisotopic (exact) mass is 180 g/mol. The molecule has 0 unspecified atom stereocenters. The lowest BCUT2D eigenvalue weighted by atomic mass is 10.2. The summed E-state index contributed by atoms with van der Waals surface area (Å²) >= 11 is 1.89. The second kappa shape index (κ2) is 2.70. The Bertz CT molecular complexity index is 294. The third-order valence-corrected chi connectivity index (χ3v) is 3.04. The summed E-state index contributed by atoms with van der Waals surface area (Å²) in [5.74, 6) is 1.03. The van der Waals surface area contributed by atoms with Crippen molar-refractivity contribution in [2.75, 3.05) is 6.61 Å². The average Bonchev–Trinajstić information content (AvgIpc) is 2.02. The molecule has 2 rings (SSSR count). The summed E-state index contributed by atoms with van der Waals surface area (Å²) in [6.45, 7) is 5.20. The summed E-state index contributed by atoms with van der Waals surface area (Å²) in [4.78, 5) is 1.26. The Labute approximate surface area is 77.1 Å². The van der Waals surface area contributed by atoms with Crippen molar-refractivity contribution >= 4 is 11.8 Å². The van der Waals surface area contributed by atoms with Crippen molar-refractivity contribution in [3.63, 3.8) is 0 Å². The summed E-state index contributed by atoms with van der Waals surface area (Å²) in [6, 6.07) is 8.20. The molecule has 0 aromatic heterocycles. The van der Waals surface area contributed by atoms with Crippen LogP contribution in [0.15, 0.2) is 29.2 Å². The van der Waals surface area contributed by atoms with Gasteiger partial charge in [-0.15, -0.1) is 11.8 Å². The van der Waals surface area contributed by atoms with Gasteiger partial charge in [-0.3, -0.25) is 0 Å². The van der Waals surface area contributed by atoms with E-state index in [2.05, 4.69) is 26.0 Å². The molecule has 0 fully saturated rings. The topological polar surface area (TPSA) is 9.23 Å². The molecular formula is C10H12OS. The zero-order valence-corrected chi connectivity index (χ0v) is 8.15. The van der Waals surface area contributed by atoms with Gasteiger partial charge in [-0.05, 0) is 26.0 Å². The Morgan fingerprint density at radius 1 is 1.33 bits per heavy atom. The minimum atomic E-state index is 0.217. The van der Waals surface area contributed by atoms with Crippen LogP contribution < -0.4 is 4.74 Å². The van der Waals surface area contributed by atoms with E-state index in [1.54, 1.807) is 0 Å². The van der Waals surface area contributed by atoms with Crippen LogP contribution in [0.2, 0.25) is 0 Å². The number of thioether (sulfide) groups is 1. The summed E-state index contributed by atoms with van der Waals surface area (Å²) in [5, 5.41) is 0. The molecule has 1 nitrogen and oxygen atoms in total. The molecule has 0 saturated heterocycles. The van der Waals surface area contributed by atoms with Crippen molar-refractivity contribution in [1.82, 2.24) is 0 Å². The first-order valence-electron chi connectivity index (χ1n) is 4.08. The van der Waals surface area contributed by atoms with Gasteiger partial charge in [0.25, 0.3) is 0 Å². The average molecular weight is 180 g/mol. The molecular weight excluding hydrogens is 168 g/mol. The van der Waals surface area contributed by atoms with Crippen LogP contribution in [0, 0.1) is 0 Å². The van der Waals surface area contributed by atoms with Crippen LogP contribution >= 0.6 is 11.8 Å². The maximum absolute atomic E-state index is 5.62. The van der Waals surface area contributed by atoms with E-state index in [-0.39, 0.29) is 4.75 Å². The largest absolute Gasteiger partial charge is 0.491 e. The zero-order chi connectivity index (χ0) is 8.60. The summed E-state index contributed by atoms with van der Waals surface area (Å²) in [6.07, 6.45) is 0. The van der Waals surface area contributed by atoms with Gasteiger partial charge in [-0.25, -0.2) is 0 Å². The first kappa shape index (κ1) is 7.99.